The molecule has 0 amide bonds. The average molecular weight is 429 g/mol. The summed E-state index contributed by atoms with van der Waals surface area (Å²) in [6, 6.07) is 0. The van der Waals surface area contributed by atoms with E-state index >= 15 is 0 Å². The predicted molar refractivity (Wildman–Crippen MR) is 130 cm³/mol. The number of rotatable bonds is 7. The fourth-order valence-electron chi connectivity index (χ4n) is 7.06. The normalized spacial score (nSPS) is 47.4. The second-order valence-electron chi connectivity index (χ2n) is 11.0. The molecule has 3 rings (SSSR count). The molecular formula is C24H44S3. The molecule has 13 unspecified atom stereocenters. The van der Waals surface area contributed by atoms with Crippen LogP contribution in [0.5, 0.6) is 0 Å². The highest BCUT2D eigenvalue weighted by Gasteiger charge is 2.53. The van der Waals surface area contributed by atoms with Crippen LogP contribution in [0.2, 0.25) is 0 Å². The maximum atomic E-state index is 5.31. The summed E-state index contributed by atoms with van der Waals surface area (Å²) in [4.78, 5) is 0. The standard InChI is InChI=1S/C24H44S3/c1-12-7-8-18(9-12)16(5)23(26)20-11-14(3)22(20)24(27)21-13(2)10-19(21)15(4)17(6)25/h12-27H,7-11H2,1-6H3. The van der Waals surface area contributed by atoms with Crippen molar-refractivity contribution in [2.24, 2.45) is 59.2 Å². The Morgan fingerprint density at radius 3 is 1.74 bits per heavy atom. The Morgan fingerprint density at radius 1 is 0.704 bits per heavy atom. The molecule has 0 radical (unpaired) electrons. The molecule has 0 aromatic carbocycles. The van der Waals surface area contributed by atoms with Crippen molar-refractivity contribution in [2.45, 2.75) is 89.4 Å². The van der Waals surface area contributed by atoms with Crippen LogP contribution in [0.4, 0.5) is 0 Å². The van der Waals surface area contributed by atoms with Crippen LogP contribution in [0, 0.1) is 59.2 Å². The van der Waals surface area contributed by atoms with Crippen molar-refractivity contribution in [1.82, 2.24) is 0 Å². The van der Waals surface area contributed by atoms with Gasteiger partial charge in [-0.3, -0.25) is 0 Å². The van der Waals surface area contributed by atoms with Gasteiger partial charge in [0, 0.05) is 15.7 Å². The maximum absolute atomic E-state index is 5.31. The maximum Gasteiger partial charge on any atom is 0.00842 e. The van der Waals surface area contributed by atoms with E-state index in [0.717, 1.165) is 53.3 Å². The molecule has 158 valence electrons. The summed E-state index contributed by atoms with van der Waals surface area (Å²) >= 11 is 15.3. The van der Waals surface area contributed by atoms with Gasteiger partial charge in [0.05, 0.1) is 0 Å². The van der Waals surface area contributed by atoms with Crippen LogP contribution in [-0.4, -0.2) is 15.7 Å². The van der Waals surface area contributed by atoms with E-state index in [1.165, 1.54) is 32.1 Å². The highest BCUT2D eigenvalue weighted by Crippen LogP contribution is 2.58. The van der Waals surface area contributed by atoms with E-state index in [0.29, 0.717) is 21.7 Å². The first-order valence-corrected chi connectivity index (χ1v) is 13.2. The second kappa shape index (κ2) is 9.04. The summed E-state index contributed by atoms with van der Waals surface area (Å²) in [6.45, 7) is 14.5. The van der Waals surface area contributed by atoms with Crippen LogP contribution in [0.15, 0.2) is 0 Å². The second-order valence-corrected chi connectivity index (χ2v) is 13.0. The van der Waals surface area contributed by atoms with Gasteiger partial charge in [-0.25, -0.2) is 0 Å². The Kier molecular flexibility index (Phi) is 7.61. The van der Waals surface area contributed by atoms with Crippen LogP contribution in [0.3, 0.4) is 0 Å². The summed E-state index contributed by atoms with van der Waals surface area (Å²) in [5.74, 6) is 8.04. The summed E-state index contributed by atoms with van der Waals surface area (Å²) in [5.41, 5.74) is 0. The van der Waals surface area contributed by atoms with Gasteiger partial charge in [0.15, 0.2) is 0 Å². The van der Waals surface area contributed by atoms with Crippen LogP contribution < -0.4 is 0 Å². The lowest BCUT2D eigenvalue weighted by atomic mass is 9.52. The minimum absolute atomic E-state index is 0.488. The van der Waals surface area contributed by atoms with Crippen molar-refractivity contribution in [3.63, 3.8) is 0 Å². The van der Waals surface area contributed by atoms with E-state index in [1.807, 2.05) is 0 Å². The van der Waals surface area contributed by atoms with E-state index in [1.54, 1.807) is 0 Å². The molecule has 27 heavy (non-hydrogen) atoms. The Hall–Kier alpha value is 1.05. The monoisotopic (exact) mass is 428 g/mol. The summed E-state index contributed by atoms with van der Waals surface area (Å²) < 4.78 is 0. The molecule has 3 saturated carbocycles. The van der Waals surface area contributed by atoms with Crippen LogP contribution in [0.1, 0.15) is 73.6 Å². The first kappa shape index (κ1) is 22.7. The van der Waals surface area contributed by atoms with Crippen LogP contribution in [-0.2, 0) is 0 Å². The predicted octanol–water partition coefficient (Wildman–Crippen LogP) is 7.15. The van der Waals surface area contributed by atoms with E-state index in [2.05, 4.69) is 41.5 Å². The molecule has 0 bridgehead atoms. The molecule has 0 spiro atoms. The summed E-state index contributed by atoms with van der Waals surface area (Å²) in [6.07, 6.45) is 7.02. The van der Waals surface area contributed by atoms with Gasteiger partial charge in [-0.05, 0) is 84.9 Å². The lowest BCUT2D eigenvalue weighted by Gasteiger charge is -2.58. The highest BCUT2D eigenvalue weighted by molar-refractivity contribution is 7.81. The molecule has 3 heteroatoms. The molecule has 3 fully saturated rings. The topological polar surface area (TPSA) is 0 Å². The zero-order valence-corrected chi connectivity index (χ0v) is 21.1. The van der Waals surface area contributed by atoms with Gasteiger partial charge in [0.25, 0.3) is 0 Å². The number of thiol groups is 3. The number of hydrogen-bond acceptors (Lipinski definition) is 3. The molecule has 0 saturated heterocycles. The molecule has 0 heterocycles. The molecule has 13 atom stereocenters. The Bertz CT molecular complexity index is 492. The largest absolute Gasteiger partial charge is 0.176 e. The quantitative estimate of drug-likeness (QED) is 0.352. The first-order valence-electron chi connectivity index (χ1n) is 11.7. The minimum Gasteiger partial charge on any atom is -0.176 e. The average Bonchev–Trinajstić information content (AvgIpc) is 3.01. The van der Waals surface area contributed by atoms with Crippen molar-refractivity contribution in [2.75, 3.05) is 0 Å². The molecule has 0 nitrogen and oxygen atoms in total. The van der Waals surface area contributed by atoms with Crippen LogP contribution >= 0.6 is 37.9 Å². The third-order valence-corrected chi connectivity index (χ3v) is 11.3. The molecule has 3 aliphatic carbocycles. The van der Waals surface area contributed by atoms with Gasteiger partial charge >= 0.3 is 0 Å². The molecule has 0 aliphatic heterocycles. The molecule has 0 aromatic rings. The van der Waals surface area contributed by atoms with Gasteiger partial charge in [0.2, 0.25) is 0 Å². The van der Waals surface area contributed by atoms with Crippen molar-refractivity contribution >= 4 is 37.9 Å². The zero-order valence-electron chi connectivity index (χ0n) is 18.4. The lowest BCUT2D eigenvalue weighted by molar-refractivity contribution is -0.0240. The third kappa shape index (κ3) is 4.41. The molecule has 0 aromatic heterocycles. The van der Waals surface area contributed by atoms with Gasteiger partial charge in [-0.2, -0.15) is 37.9 Å². The highest BCUT2D eigenvalue weighted by atomic mass is 32.1. The molecule has 3 aliphatic rings. The molecular weight excluding hydrogens is 384 g/mol. The summed E-state index contributed by atoms with van der Waals surface area (Å²) in [5, 5.41) is 1.60. The lowest BCUT2D eigenvalue weighted by Crippen LogP contribution is -2.55. The van der Waals surface area contributed by atoms with Gasteiger partial charge in [0.1, 0.15) is 0 Å². The van der Waals surface area contributed by atoms with Crippen molar-refractivity contribution in [3.05, 3.63) is 0 Å². The molecule has 0 N–H and O–H groups in total. The van der Waals surface area contributed by atoms with Gasteiger partial charge < -0.3 is 0 Å². The zero-order chi connectivity index (χ0) is 20.0. The fraction of sp³-hybridized carbons (Fsp3) is 1.00. The number of hydrogen-bond donors (Lipinski definition) is 3. The van der Waals surface area contributed by atoms with Gasteiger partial charge in [-0.1, -0.05) is 48.0 Å². The fourth-order valence-corrected chi connectivity index (χ4v) is 8.88. The van der Waals surface area contributed by atoms with E-state index < -0.39 is 0 Å². The van der Waals surface area contributed by atoms with Crippen molar-refractivity contribution < 1.29 is 0 Å². The first-order chi connectivity index (χ1) is 12.6. The third-order valence-electron chi connectivity index (χ3n) is 9.27. The van der Waals surface area contributed by atoms with Crippen molar-refractivity contribution in [3.8, 4) is 0 Å². The summed E-state index contributed by atoms with van der Waals surface area (Å²) in [7, 11) is 0. The SMILES string of the molecule is CC1CCC(C(C)C(S)C2CC(C)C2C(S)C2C(C)CC2C(C)C(C)S)C1. The Morgan fingerprint density at radius 2 is 1.26 bits per heavy atom. The van der Waals surface area contributed by atoms with Crippen molar-refractivity contribution in [1.29, 1.82) is 0 Å². The van der Waals surface area contributed by atoms with E-state index in [9.17, 15) is 0 Å². The van der Waals surface area contributed by atoms with Gasteiger partial charge in [-0.15, -0.1) is 0 Å². The van der Waals surface area contributed by atoms with E-state index in [-0.39, 0.29) is 0 Å². The smallest absolute Gasteiger partial charge is 0.00842 e. The minimum atomic E-state index is 0.488. The Balaban J connectivity index is 1.65. The van der Waals surface area contributed by atoms with E-state index in [4.69, 9.17) is 37.9 Å². The Labute approximate surface area is 186 Å². The van der Waals surface area contributed by atoms with Crippen LogP contribution in [0.25, 0.3) is 0 Å².